The highest BCUT2D eigenvalue weighted by atomic mass is 35.5. The van der Waals surface area contributed by atoms with E-state index in [4.69, 9.17) is 21.1 Å². The van der Waals surface area contributed by atoms with Crippen molar-refractivity contribution in [2.75, 3.05) is 11.9 Å². The van der Waals surface area contributed by atoms with Gasteiger partial charge >= 0.3 is 12.1 Å². The standard InChI is InChI=1S/C31H31ClN4O5/c1-22(37)36(34-19-26-13-7-8-14-28(26)32)27(15-16-30(38)40-20-23-9-3-2-4-10-23)21-41-31(39)35-29-17-24-11-5-6-12-25(24)18-33-29/h2-14,17-18,27,34H,15-16,19-21H2,1H3,(H,33,35,39)/t27-/m0/s1. The van der Waals surface area contributed by atoms with E-state index in [9.17, 15) is 14.4 Å². The van der Waals surface area contributed by atoms with Gasteiger partial charge in [-0.05, 0) is 35.1 Å². The lowest BCUT2D eigenvalue weighted by molar-refractivity contribution is -0.147. The van der Waals surface area contributed by atoms with E-state index in [1.54, 1.807) is 18.3 Å². The number of hydrazine groups is 1. The highest BCUT2D eigenvalue weighted by molar-refractivity contribution is 6.31. The third-order valence-corrected chi connectivity index (χ3v) is 6.66. The number of amides is 2. The molecule has 3 aromatic carbocycles. The number of carbonyl (C=O) groups excluding carboxylic acids is 3. The van der Waals surface area contributed by atoms with Crippen molar-refractivity contribution in [3.05, 3.63) is 107 Å². The van der Waals surface area contributed by atoms with Crippen molar-refractivity contribution < 1.29 is 23.9 Å². The molecule has 0 bridgehead atoms. The molecule has 1 heterocycles. The van der Waals surface area contributed by atoms with Crippen molar-refractivity contribution in [3.8, 4) is 0 Å². The molecule has 9 nitrogen and oxygen atoms in total. The van der Waals surface area contributed by atoms with Crippen LogP contribution in [-0.2, 0) is 32.2 Å². The van der Waals surface area contributed by atoms with Crippen LogP contribution in [0.1, 0.15) is 30.9 Å². The van der Waals surface area contributed by atoms with Crippen LogP contribution in [0.4, 0.5) is 10.6 Å². The molecule has 4 aromatic rings. The van der Waals surface area contributed by atoms with Crippen molar-refractivity contribution in [2.24, 2.45) is 0 Å². The molecule has 0 unspecified atom stereocenters. The number of hydrogen-bond donors (Lipinski definition) is 2. The van der Waals surface area contributed by atoms with Gasteiger partial charge in [-0.2, -0.15) is 0 Å². The monoisotopic (exact) mass is 574 g/mol. The number of aromatic nitrogens is 1. The van der Waals surface area contributed by atoms with Gasteiger partial charge in [-0.25, -0.2) is 15.2 Å². The molecule has 212 valence electrons. The van der Waals surface area contributed by atoms with E-state index in [0.717, 1.165) is 21.9 Å². The van der Waals surface area contributed by atoms with Crippen LogP contribution in [0.2, 0.25) is 5.02 Å². The molecule has 0 aliphatic rings. The predicted octanol–water partition coefficient (Wildman–Crippen LogP) is 5.88. The number of nitrogens with one attached hydrogen (secondary N) is 2. The summed E-state index contributed by atoms with van der Waals surface area (Å²) in [6.45, 7) is 1.60. The topological polar surface area (TPSA) is 110 Å². The fourth-order valence-corrected chi connectivity index (χ4v) is 4.36. The van der Waals surface area contributed by atoms with Gasteiger partial charge in [0.1, 0.15) is 19.0 Å². The number of halogens is 1. The third kappa shape index (κ3) is 9.02. The Morgan fingerprint density at radius 3 is 2.39 bits per heavy atom. The average molecular weight is 575 g/mol. The van der Waals surface area contributed by atoms with E-state index >= 15 is 0 Å². The first-order valence-electron chi connectivity index (χ1n) is 13.1. The summed E-state index contributed by atoms with van der Waals surface area (Å²) in [5, 5.41) is 6.37. The summed E-state index contributed by atoms with van der Waals surface area (Å²) in [7, 11) is 0. The molecule has 2 amide bonds. The minimum absolute atomic E-state index is 0.00621. The molecule has 0 radical (unpaired) electrons. The van der Waals surface area contributed by atoms with Gasteiger partial charge in [0.15, 0.2) is 0 Å². The van der Waals surface area contributed by atoms with Crippen LogP contribution in [0, 0.1) is 0 Å². The van der Waals surface area contributed by atoms with Gasteiger partial charge in [0.2, 0.25) is 5.91 Å². The average Bonchev–Trinajstić information content (AvgIpc) is 2.98. The summed E-state index contributed by atoms with van der Waals surface area (Å²) in [5.74, 6) is -0.423. The van der Waals surface area contributed by atoms with Gasteiger partial charge in [0.25, 0.3) is 0 Å². The van der Waals surface area contributed by atoms with Crippen LogP contribution >= 0.6 is 11.6 Å². The molecular weight excluding hydrogens is 544 g/mol. The minimum Gasteiger partial charge on any atom is -0.461 e. The van der Waals surface area contributed by atoms with Crippen molar-refractivity contribution in [1.82, 2.24) is 15.4 Å². The highest BCUT2D eigenvalue weighted by Gasteiger charge is 2.25. The van der Waals surface area contributed by atoms with Crippen molar-refractivity contribution in [1.29, 1.82) is 0 Å². The van der Waals surface area contributed by atoms with E-state index < -0.39 is 18.1 Å². The maximum Gasteiger partial charge on any atom is 0.412 e. The SMILES string of the molecule is CC(=O)N(NCc1ccccc1Cl)[C@@H](CCC(=O)OCc1ccccc1)COC(=O)Nc1cc2ccccc2cn1. The number of ether oxygens (including phenoxy) is 2. The normalized spacial score (nSPS) is 11.5. The first-order chi connectivity index (χ1) is 19.9. The number of nitrogens with zero attached hydrogens (tertiary/aromatic N) is 2. The number of anilines is 1. The van der Waals surface area contributed by atoms with Gasteiger partial charge in [-0.15, -0.1) is 0 Å². The number of hydrogen-bond acceptors (Lipinski definition) is 7. The molecule has 10 heteroatoms. The maximum absolute atomic E-state index is 12.7. The van der Waals surface area contributed by atoms with E-state index in [1.807, 2.05) is 72.8 Å². The number of benzene rings is 3. The second-order valence-electron chi connectivity index (χ2n) is 9.29. The molecule has 0 fully saturated rings. The first kappa shape index (κ1) is 29.5. The van der Waals surface area contributed by atoms with Gasteiger partial charge in [0, 0.05) is 36.5 Å². The number of fused-ring (bicyclic) bond motifs is 1. The smallest absolute Gasteiger partial charge is 0.412 e. The van der Waals surface area contributed by atoms with Crippen LogP contribution in [0.25, 0.3) is 10.8 Å². The summed E-state index contributed by atoms with van der Waals surface area (Å²) in [4.78, 5) is 42.1. The van der Waals surface area contributed by atoms with Crippen LogP contribution in [0.5, 0.6) is 0 Å². The van der Waals surface area contributed by atoms with Crippen molar-refractivity contribution >= 4 is 46.2 Å². The highest BCUT2D eigenvalue weighted by Crippen LogP contribution is 2.18. The molecular formula is C31H31ClN4O5. The Balaban J connectivity index is 1.40. The van der Waals surface area contributed by atoms with Crippen LogP contribution in [0.3, 0.4) is 0 Å². The number of pyridine rings is 1. The molecule has 0 aliphatic heterocycles. The molecule has 0 aliphatic carbocycles. The molecule has 41 heavy (non-hydrogen) atoms. The Labute approximate surface area is 243 Å². The van der Waals surface area contributed by atoms with Crippen LogP contribution in [-0.4, -0.2) is 40.6 Å². The maximum atomic E-state index is 12.7. The Kier molecular flexibility index (Phi) is 10.6. The van der Waals surface area contributed by atoms with E-state index in [-0.39, 0.29) is 38.5 Å². The van der Waals surface area contributed by atoms with Crippen molar-refractivity contribution in [3.63, 3.8) is 0 Å². The van der Waals surface area contributed by atoms with Crippen LogP contribution in [0.15, 0.2) is 91.1 Å². The summed E-state index contributed by atoms with van der Waals surface area (Å²) in [5.41, 5.74) is 4.72. The molecule has 0 spiro atoms. The van der Waals surface area contributed by atoms with Gasteiger partial charge in [0.05, 0.1) is 6.04 Å². The first-order valence-corrected chi connectivity index (χ1v) is 13.5. The molecule has 1 aromatic heterocycles. The zero-order chi connectivity index (χ0) is 29.0. The van der Waals surface area contributed by atoms with Gasteiger partial charge in [-0.1, -0.05) is 84.4 Å². The summed E-state index contributed by atoms with van der Waals surface area (Å²) >= 11 is 6.28. The van der Waals surface area contributed by atoms with Crippen molar-refractivity contribution in [2.45, 2.75) is 39.0 Å². The summed E-state index contributed by atoms with van der Waals surface area (Å²) < 4.78 is 10.9. The molecule has 4 rings (SSSR count). The quantitative estimate of drug-likeness (QED) is 0.160. The van der Waals surface area contributed by atoms with Crippen LogP contribution < -0.4 is 10.7 Å². The Morgan fingerprint density at radius 2 is 1.63 bits per heavy atom. The predicted molar refractivity (Wildman–Crippen MR) is 157 cm³/mol. The van der Waals surface area contributed by atoms with Gasteiger partial charge < -0.3 is 9.47 Å². The van der Waals surface area contributed by atoms with E-state index in [0.29, 0.717) is 10.8 Å². The Bertz CT molecular complexity index is 1480. The molecule has 0 saturated carbocycles. The lowest BCUT2D eigenvalue weighted by atomic mass is 10.1. The fourth-order valence-electron chi connectivity index (χ4n) is 4.16. The Morgan fingerprint density at radius 1 is 0.927 bits per heavy atom. The molecule has 2 N–H and O–H groups in total. The lowest BCUT2D eigenvalue weighted by Gasteiger charge is -2.31. The van der Waals surface area contributed by atoms with E-state index in [1.165, 1.54) is 11.9 Å². The third-order valence-electron chi connectivity index (χ3n) is 6.29. The molecule has 0 saturated heterocycles. The minimum atomic E-state index is -0.737. The second-order valence-corrected chi connectivity index (χ2v) is 9.70. The largest absolute Gasteiger partial charge is 0.461 e. The Hall–Kier alpha value is -4.47. The summed E-state index contributed by atoms with van der Waals surface area (Å²) in [6, 6.07) is 25.3. The van der Waals surface area contributed by atoms with E-state index in [2.05, 4.69) is 15.7 Å². The zero-order valence-corrected chi connectivity index (χ0v) is 23.3. The number of carbonyl (C=O) groups is 3. The lowest BCUT2D eigenvalue weighted by Crippen LogP contribution is -2.50. The van der Waals surface area contributed by atoms with Gasteiger partial charge in [-0.3, -0.25) is 19.9 Å². The fraction of sp³-hybridized carbons (Fsp3) is 0.226. The second kappa shape index (κ2) is 14.8. The number of rotatable bonds is 12. The summed E-state index contributed by atoms with van der Waals surface area (Å²) in [6.07, 6.45) is 1.11. The molecule has 1 atom stereocenters. The zero-order valence-electron chi connectivity index (χ0n) is 22.6. The number of esters is 1.